The summed E-state index contributed by atoms with van der Waals surface area (Å²) in [5.74, 6) is -0.791. The molecule has 2 heterocycles. The molecular formula is C18H24F2IN5O3S. The van der Waals surface area contributed by atoms with Gasteiger partial charge < -0.3 is 14.7 Å². The summed E-state index contributed by atoms with van der Waals surface area (Å²) in [6.45, 7) is 1.82. The van der Waals surface area contributed by atoms with E-state index in [0.717, 1.165) is 0 Å². The first-order valence-electron chi connectivity index (χ1n) is 9.16. The molecule has 1 aliphatic rings. The van der Waals surface area contributed by atoms with Gasteiger partial charge in [-0.15, -0.1) is 24.0 Å². The van der Waals surface area contributed by atoms with Crippen molar-refractivity contribution in [1.82, 2.24) is 19.7 Å². The summed E-state index contributed by atoms with van der Waals surface area (Å²) in [6.07, 6.45) is 1.51. The Balaban J connectivity index is 0.00000320. The molecule has 0 unspecified atom stereocenters. The van der Waals surface area contributed by atoms with Crippen LogP contribution in [0.2, 0.25) is 0 Å². The molecule has 1 aromatic heterocycles. The number of piperazine rings is 1. The van der Waals surface area contributed by atoms with Crippen molar-refractivity contribution >= 4 is 40.0 Å². The van der Waals surface area contributed by atoms with Crippen molar-refractivity contribution < 1.29 is 21.7 Å². The Morgan fingerprint density at radius 1 is 1.20 bits per heavy atom. The fraction of sp³-hybridized carbons (Fsp3) is 0.444. The van der Waals surface area contributed by atoms with Crippen molar-refractivity contribution in [3.63, 3.8) is 0 Å². The molecular weight excluding hydrogens is 531 g/mol. The Labute approximate surface area is 191 Å². The molecule has 1 aromatic carbocycles. The second-order valence-electron chi connectivity index (χ2n) is 6.56. The maximum Gasteiger partial charge on any atom is 0.220 e. The minimum atomic E-state index is -3.48. The van der Waals surface area contributed by atoms with Gasteiger partial charge in [-0.25, -0.2) is 17.2 Å². The molecule has 1 aliphatic heterocycles. The third kappa shape index (κ3) is 6.11. The average molecular weight is 555 g/mol. The second-order valence-corrected chi connectivity index (χ2v) is 8.53. The zero-order chi connectivity index (χ0) is 20.9. The number of sulfonamides is 1. The number of guanidine groups is 1. The van der Waals surface area contributed by atoms with Crippen LogP contribution >= 0.6 is 24.0 Å². The normalized spacial score (nSPS) is 15.7. The largest absolute Gasteiger partial charge is 0.364 e. The van der Waals surface area contributed by atoms with Gasteiger partial charge in [0, 0.05) is 51.4 Å². The maximum atomic E-state index is 13.7. The molecule has 0 radical (unpaired) electrons. The summed E-state index contributed by atoms with van der Waals surface area (Å²) < 4.78 is 58.5. The van der Waals surface area contributed by atoms with Gasteiger partial charge in [-0.1, -0.05) is 11.2 Å². The van der Waals surface area contributed by atoms with Crippen molar-refractivity contribution in [3.8, 4) is 0 Å². The molecule has 1 N–H and O–H groups in total. The maximum absolute atomic E-state index is 13.7. The van der Waals surface area contributed by atoms with Gasteiger partial charge in [0.2, 0.25) is 10.0 Å². The van der Waals surface area contributed by atoms with Gasteiger partial charge in [0.25, 0.3) is 0 Å². The molecule has 12 heteroatoms. The number of nitrogens with one attached hydrogen (secondary N) is 1. The summed E-state index contributed by atoms with van der Waals surface area (Å²) in [6, 6.07) is 5.31. The predicted octanol–water partition coefficient (Wildman–Crippen LogP) is 1.84. The number of aromatic nitrogens is 1. The van der Waals surface area contributed by atoms with Crippen molar-refractivity contribution in [1.29, 1.82) is 0 Å². The van der Waals surface area contributed by atoms with E-state index in [2.05, 4.69) is 20.0 Å². The van der Waals surface area contributed by atoms with E-state index in [0.29, 0.717) is 44.4 Å². The van der Waals surface area contributed by atoms with E-state index in [-0.39, 0.29) is 41.7 Å². The predicted molar refractivity (Wildman–Crippen MR) is 119 cm³/mol. The number of halogens is 3. The third-order valence-corrected chi connectivity index (χ3v) is 6.50. The lowest BCUT2D eigenvalue weighted by Crippen LogP contribution is -2.54. The van der Waals surface area contributed by atoms with E-state index in [4.69, 9.17) is 0 Å². The number of rotatable bonds is 6. The van der Waals surface area contributed by atoms with Crippen LogP contribution in [0.1, 0.15) is 11.3 Å². The van der Waals surface area contributed by atoms with Crippen LogP contribution in [0.15, 0.2) is 40.0 Å². The number of hydrogen-bond donors (Lipinski definition) is 1. The first-order chi connectivity index (χ1) is 13.9. The standard InChI is InChI=1S/C18H23F2N5O3S.HI/c1-21-18(22-7-5-15-16(19)3-2-4-17(15)20)24-8-10-25(11-9-24)29(26,27)13-14-6-12-28-23-14;/h2-4,6,12H,5,7-11,13H2,1H3,(H,21,22);1H. The summed E-state index contributed by atoms with van der Waals surface area (Å²) in [4.78, 5) is 6.11. The van der Waals surface area contributed by atoms with Gasteiger partial charge in [0.15, 0.2) is 5.96 Å². The number of hydrogen-bond acceptors (Lipinski definition) is 5. The summed E-state index contributed by atoms with van der Waals surface area (Å²) >= 11 is 0. The molecule has 0 atom stereocenters. The molecule has 1 saturated heterocycles. The van der Waals surface area contributed by atoms with E-state index < -0.39 is 21.7 Å². The Morgan fingerprint density at radius 2 is 1.87 bits per heavy atom. The molecule has 30 heavy (non-hydrogen) atoms. The average Bonchev–Trinajstić information content (AvgIpc) is 3.20. The smallest absolute Gasteiger partial charge is 0.220 e. The fourth-order valence-corrected chi connectivity index (χ4v) is 4.60. The van der Waals surface area contributed by atoms with E-state index in [9.17, 15) is 17.2 Å². The lowest BCUT2D eigenvalue weighted by molar-refractivity contribution is 0.260. The molecule has 0 amide bonds. The molecule has 0 saturated carbocycles. The van der Waals surface area contributed by atoms with E-state index in [1.54, 1.807) is 7.05 Å². The topological polar surface area (TPSA) is 91.0 Å². The quantitative estimate of drug-likeness (QED) is 0.333. The third-order valence-electron chi connectivity index (χ3n) is 4.68. The molecule has 8 nitrogen and oxygen atoms in total. The van der Waals surface area contributed by atoms with Crippen LogP contribution < -0.4 is 5.32 Å². The van der Waals surface area contributed by atoms with Crippen LogP contribution in [0.4, 0.5) is 8.78 Å². The minimum Gasteiger partial charge on any atom is -0.364 e. The number of benzene rings is 1. The highest BCUT2D eigenvalue weighted by molar-refractivity contribution is 14.0. The number of nitrogens with zero attached hydrogens (tertiary/aromatic N) is 4. The van der Waals surface area contributed by atoms with E-state index in [1.807, 2.05) is 4.90 Å². The van der Waals surface area contributed by atoms with Crippen LogP contribution in [0.3, 0.4) is 0 Å². The molecule has 2 aromatic rings. The van der Waals surface area contributed by atoms with E-state index >= 15 is 0 Å². The van der Waals surface area contributed by atoms with Crippen LogP contribution in [-0.4, -0.2) is 68.5 Å². The molecule has 0 spiro atoms. The van der Waals surface area contributed by atoms with Gasteiger partial charge in [-0.2, -0.15) is 4.31 Å². The fourth-order valence-electron chi connectivity index (χ4n) is 3.17. The first-order valence-corrected chi connectivity index (χ1v) is 10.8. The number of aliphatic imine (C=N–C) groups is 1. The first kappa shape index (κ1) is 24.5. The van der Waals surface area contributed by atoms with Crippen LogP contribution in [-0.2, 0) is 22.2 Å². The van der Waals surface area contributed by atoms with Crippen molar-refractivity contribution in [3.05, 3.63) is 53.4 Å². The van der Waals surface area contributed by atoms with Crippen molar-refractivity contribution in [2.45, 2.75) is 12.2 Å². The molecule has 1 fully saturated rings. The Bertz CT molecular complexity index is 928. The Kier molecular flexibility index (Phi) is 8.97. The van der Waals surface area contributed by atoms with Crippen molar-refractivity contribution in [2.75, 3.05) is 39.8 Å². The Hall–Kier alpha value is -1.80. The second kappa shape index (κ2) is 11.0. The highest BCUT2D eigenvalue weighted by Crippen LogP contribution is 2.14. The summed E-state index contributed by atoms with van der Waals surface area (Å²) in [7, 11) is -1.87. The lowest BCUT2D eigenvalue weighted by Gasteiger charge is -2.35. The molecule has 0 aliphatic carbocycles. The summed E-state index contributed by atoms with van der Waals surface area (Å²) in [5.41, 5.74) is 0.393. The highest BCUT2D eigenvalue weighted by atomic mass is 127. The van der Waals surface area contributed by atoms with Gasteiger partial charge in [0.05, 0.1) is 5.69 Å². The zero-order valence-electron chi connectivity index (χ0n) is 16.4. The minimum absolute atomic E-state index is 0. The van der Waals surface area contributed by atoms with Crippen LogP contribution in [0, 0.1) is 11.6 Å². The molecule has 3 rings (SSSR count). The van der Waals surface area contributed by atoms with Gasteiger partial charge in [-0.3, -0.25) is 4.99 Å². The SMILES string of the molecule is CN=C(NCCc1c(F)cccc1F)N1CCN(S(=O)(=O)Cc2ccon2)CC1.I. The van der Waals surface area contributed by atoms with Crippen LogP contribution in [0.5, 0.6) is 0 Å². The zero-order valence-corrected chi connectivity index (χ0v) is 19.6. The van der Waals surface area contributed by atoms with Gasteiger partial charge in [-0.05, 0) is 18.6 Å². The van der Waals surface area contributed by atoms with Gasteiger partial charge >= 0.3 is 0 Å². The van der Waals surface area contributed by atoms with E-state index in [1.165, 1.54) is 34.8 Å². The lowest BCUT2D eigenvalue weighted by atomic mass is 10.1. The Morgan fingerprint density at radius 3 is 2.43 bits per heavy atom. The highest BCUT2D eigenvalue weighted by Gasteiger charge is 2.29. The molecule has 166 valence electrons. The molecule has 0 bridgehead atoms. The monoisotopic (exact) mass is 555 g/mol. The van der Waals surface area contributed by atoms with Crippen molar-refractivity contribution in [2.24, 2.45) is 4.99 Å². The summed E-state index contributed by atoms with van der Waals surface area (Å²) in [5, 5.41) is 6.73. The van der Waals surface area contributed by atoms with Gasteiger partial charge in [0.1, 0.15) is 23.7 Å². The van der Waals surface area contributed by atoms with Crippen LogP contribution in [0.25, 0.3) is 0 Å².